The fourth-order valence-corrected chi connectivity index (χ4v) is 5.95. The van der Waals surface area contributed by atoms with Crippen molar-refractivity contribution < 1.29 is 14.0 Å². The molecular formula is C29H36FN3O2. The van der Waals surface area contributed by atoms with Gasteiger partial charge in [-0.25, -0.2) is 4.39 Å². The molecule has 2 amide bonds. The van der Waals surface area contributed by atoms with Gasteiger partial charge in [0, 0.05) is 31.1 Å². The molecule has 2 heterocycles. The van der Waals surface area contributed by atoms with Crippen molar-refractivity contribution in [1.82, 2.24) is 15.5 Å². The van der Waals surface area contributed by atoms with Gasteiger partial charge < -0.3 is 10.6 Å². The summed E-state index contributed by atoms with van der Waals surface area (Å²) in [5.41, 5.74) is 2.01. The lowest BCUT2D eigenvalue weighted by Crippen LogP contribution is -2.51. The highest BCUT2D eigenvalue weighted by Crippen LogP contribution is 2.37. The lowest BCUT2D eigenvalue weighted by Gasteiger charge is -2.40. The van der Waals surface area contributed by atoms with Gasteiger partial charge in [0.1, 0.15) is 5.82 Å². The van der Waals surface area contributed by atoms with Crippen LogP contribution < -0.4 is 10.6 Å². The maximum absolute atomic E-state index is 13.1. The molecule has 0 spiro atoms. The summed E-state index contributed by atoms with van der Waals surface area (Å²) in [7, 11) is 0. The van der Waals surface area contributed by atoms with Crippen molar-refractivity contribution in [2.45, 2.75) is 82.0 Å². The average molecular weight is 478 g/mol. The molecule has 5 rings (SSSR count). The van der Waals surface area contributed by atoms with E-state index >= 15 is 0 Å². The van der Waals surface area contributed by atoms with E-state index in [2.05, 4.69) is 27.7 Å². The molecule has 0 unspecified atom stereocenters. The molecule has 2 N–H and O–H groups in total. The zero-order chi connectivity index (χ0) is 24.2. The van der Waals surface area contributed by atoms with Gasteiger partial charge in [0.25, 0.3) is 0 Å². The van der Waals surface area contributed by atoms with Crippen molar-refractivity contribution >= 4 is 11.8 Å². The van der Waals surface area contributed by atoms with Crippen molar-refractivity contribution in [2.24, 2.45) is 5.92 Å². The van der Waals surface area contributed by atoms with Crippen LogP contribution in [0.2, 0.25) is 0 Å². The average Bonchev–Trinajstić information content (AvgIpc) is 3.62. The van der Waals surface area contributed by atoms with Crippen LogP contribution in [-0.2, 0) is 16.0 Å². The largest absolute Gasteiger partial charge is 0.353 e. The third kappa shape index (κ3) is 6.49. The third-order valence-corrected chi connectivity index (χ3v) is 7.91. The summed E-state index contributed by atoms with van der Waals surface area (Å²) in [5.74, 6) is 0.485. The van der Waals surface area contributed by atoms with Gasteiger partial charge in [-0.15, -0.1) is 0 Å². The van der Waals surface area contributed by atoms with Crippen molar-refractivity contribution in [3.63, 3.8) is 0 Å². The minimum absolute atomic E-state index is 0.0111. The minimum Gasteiger partial charge on any atom is -0.353 e. The fraction of sp³-hybridized carbons (Fsp3) is 0.517. The van der Waals surface area contributed by atoms with Crippen molar-refractivity contribution in [2.75, 3.05) is 6.54 Å². The van der Waals surface area contributed by atoms with E-state index in [0.717, 1.165) is 31.4 Å². The monoisotopic (exact) mass is 477 g/mol. The third-order valence-electron chi connectivity index (χ3n) is 7.91. The molecule has 6 heteroatoms. The number of halogens is 1. The van der Waals surface area contributed by atoms with Gasteiger partial charge >= 0.3 is 0 Å². The number of amides is 2. The van der Waals surface area contributed by atoms with Gasteiger partial charge in [0.05, 0.1) is 12.5 Å². The van der Waals surface area contributed by atoms with Gasteiger partial charge in [0.2, 0.25) is 11.8 Å². The first-order chi connectivity index (χ1) is 17.0. The second kappa shape index (κ2) is 10.9. The van der Waals surface area contributed by atoms with E-state index in [1.54, 1.807) is 12.1 Å². The zero-order valence-corrected chi connectivity index (χ0v) is 20.3. The molecule has 4 atom stereocenters. The Morgan fingerprint density at radius 3 is 2.26 bits per heavy atom. The molecule has 2 aliphatic heterocycles. The second-order valence-electron chi connectivity index (χ2n) is 10.6. The summed E-state index contributed by atoms with van der Waals surface area (Å²) in [6.45, 7) is 0.953. The fourth-order valence-electron chi connectivity index (χ4n) is 5.95. The molecule has 2 saturated heterocycles. The first-order valence-electron chi connectivity index (χ1n) is 13.2. The van der Waals surface area contributed by atoms with E-state index in [1.807, 2.05) is 18.2 Å². The van der Waals surface area contributed by atoms with Crippen molar-refractivity contribution in [3.8, 4) is 0 Å². The molecule has 2 aromatic rings. The number of hydrogen-bond donors (Lipinski definition) is 2. The SMILES string of the molecule is O=C(Cc1ccc(F)cc1)N[C@H]1C[C@H]2CC[C@@H](C1)N2CC[C@H](NC(=O)CC1CC1)c1ccccc1. The molecular weight excluding hydrogens is 441 g/mol. The van der Waals surface area contributed by atoms with Crippen LogP contribution in [-0.4, -0.2) is 41.4 Å². The summed E-state index contributed by atoms with van der Waals surface area (Å²) in [6, 6.07) is 17.7. The Labute approximate surface area is 207 Å². The van der Waals surface area contributed by atoms with Crippen molar-refractivity contribution in [1.29, 1.82) is 0 Å². The highest BCUT2D eigenvalue weighted by atomic mass is 19.1. The Kier molecular flexibility index (Phi) is 7.47. The predicted octanol–water partition coefficient (Wildman–Crippen LogP) is 4.53. The van der Waals surface area contributed by atoms with Crippen LogP contribution in [0.1, 0.15) is 68.5 Å². The standard InChI is InChI=1S/C29H36FN3O2/c30-23-10-8-21(9-11-23)16-28(34)31-24-18-25-12-13-26(19-24)33(25)15-14-27(22-4-2-1-3-5-22)32-29(35)17-20-6-7-20/h1-5,8-11,20,24-27H,6-7,12-19H2,(H,31,34)(H,32,35)/t24-,25+,26-,27-/m0/s1. The summed E-state index contributed by atoms with van der Waals surface area (Å²) in [4.78, 5) is 27.8. The minimum atomic E-state index is -0.282. The van der Waals surface area contributed by atoms with Gasteiger partial charge in [-0.2, -0.15) is 0 Å². The Hall–Kier alpha value is -2.73. The predicted molar refractivity (Wildman–Crippen MR) is 134 cm³/mol. The lowest BCUT2D eigenvalue weighted by molar-refractivity contribution is -0.122. The normalized spacial score (nSPS) is 24.7. The van der Waals surface area contributed by atoms with Crippen LogP contribution >= 0.6 is 0 Å². The maximum atomic E-state index is 13.1. The molecule has 35 heavy (non-hydrogen) atoms. The molecule has 2 aromatic carbocycles. The second-order valence-corrected chi connectivity index (χ2v) is 10.6. The molecule has 1 aliphatic carbocycles. The van der Waals surface area contributed by atoms with E-state index < -0.39 is 0 Å². The molecule has 5 nitrogen and oxygen atoms in total. The molecule has 3 aliphatic rings. The van der Waals surface area contributed by atoms with Crippen LogP contribution in [0.25, 0.3) is 0 Å². The summed E-state index contributed by atoms with van der Waals surface area (Å²) in [6.07, 6.45) is 8.47. The number of carbonyl (C=O) groups excluding carboxylic acids is 2. The molecule has 2 bridgehead atoms. The quantitative estimate of drug-likeness (QED) is 0.529. The maximum Gasteiger partial charge on any atom is 0.224 e. The summed E-state index contributed by atoms with van der Waals surface area (Å²) >= 11 is 0. The van der Waals surface area contributed by atoms with E-state index in [1.165, 1.54) is 43.4 Å². The van der Waals surface area contributed by atoms with Crippen LogP contribution in [0.4, 0.5) is 4.39 Å². The highest BCUT2D eigenvalue weighted by molar-refractivity contribution is 5.79. The van der Waals surface area contributed by atoms with Crippen LogP contribution in [0.15, 0.2) is 54.6 Å². The van der Waals surface area contributed by atoms with Gasteiger partial charge in [-0.3, -0.25) is 14.5 Å². The van der Waals surface area contributed by atoms with E-state index in [0.29, 0.717) is 24.4 Å². The summed E-state index contributed by atoms with van der Waals surface area (Å²) in [5, 5.41) is 6.54. The van der Waals surface area contributed by atoms with Crippen LogP contribution in [0.5, 0.6) is 0 Å². The van der Waals surface area contributed by atoms with Gasteiger partial charge in [-0.05, 0) is 74.1 Å². The summed E-state index contributed by atoms with van der Waals surface area (Å²) < 4.78 is 13.1. The number of hydrogen-bond acceptors (Lipinski definition) is 3. The Morgan fingerprint density at radius 1 is 0.914 bits per heavy atom. The zero-order valence-electron chi connectivity index (χ0n) is 20.3. The van der Waals surface area contributed by atoms with E-state index in [4.69, 9.17) is 0 Å². The Balaban J connectivity index is 1.14. The Morgan fingerprint density at radius 2 is 1.60 bits per heavy atom. The molecule has 0 aromatic heterocycles. The van der Waals surface area contributed by atoms with Gasteiger partial charge in [0.15, 0.2) is 0 Å². The molecule has 3 fully saturated rings. The number of fused-ring (bicyclic) bond motifs is 2. The first kappa shape index (κ1) is 24.0. The van der Waals surface area contributed by atoms with Gasteiger partial charge in [-0.1, -0.05) is 42.5 Å². The number of piperidine rings is 1. The molecule has 0 radical (unpaired) electrons. The highest BCUT2D eigenvalue weighted by Gasteiger charge is 2.41. The number of rotatable bonds is 10. The van der Waals surface area contributed by atoms with E-state index in [9.17, 15) is 14.0 Å². The van der Waals surface area contributed by atoms with Crippen LogP contribution in [0, 0.1) is 11.7 Å². The topological polar surface area (TPSA) is 61.4 Å². The lowest BCUT2D eigenvalue weighted by atomic mass is 9.95. The smallest absolute Gasteiger partial charge is 0.224 e. The molecule has 1 saturated carbocycles. The number of nitrogens with zero attached hydrogens (tertiary/aromatic N) is 1. The molecule has 186 valence electrons. The number of benzene rings is 2. The van der Waals surface area contributed by atoms with Crippen molar-refractivity contribution in [3.05, 3.63) is 71.5 Å². The van der Waals surface area contributed by atoms with Crippen LogP contribution in [0.3, 0.4) is 0 Å². The van der Waals surface area contributed by atoms with E-state index in [-0.39, 0.29) is 36.1 Å². The number of nitrogens with one attached hydrogen (secondary N) is 2. The first-order valence-corrected chi connectivity index (χ1v) is 13.2. The number of carbonyl (C=O) groups is 2. The Bertz CT molecular complexity index is 994.